The normalized spacial score (nSPS) is 16.1. The van der Waals surface area contributed by atoms with E-state index in [9.17, 15) is 0 Å². The number of aryl methyl sites for hydroxylation is 2. The molecule has 1 heterocycles. The van der Waals surface area contributed by atoms with Crippen molar-refractivity contribution in [3.8, 4) is 11.1 Å². The van der Waals surface area contributed by atoms with Crippen molar-refractivity contribution in [1.29, 1.82) is 0 Å². The molecule has 1 atom stereocenters. The van der Waals surface area contributed by atoms with Crippen LogP contribution in [0.1, 0.15) is 35.6 Å². The SMILES string of the molecule is Cc1ccc(C2=Cc3c(cc(C)c(C)c3-c3ccccc3)[CH]2[Zr])s1. The zero-order valence-corrected chi connectivity index (χ0v) is 17.5. The van der Waals surface area contributed by atoms with Gasteiger partial charge in [0.2, 0.25) is 0 Å². The van der Waals surface area contributed by atoms with E-state index < -0.39 is 0 Å². The van der Waals surface area contributed by atoms with E-state index in [0.717, 1.165) is 0 Å². The van der Waals surface area contributed by atoms with Gasteiger partial charge in [0, 0.05) is 0 Å². The number of hydrogen-bond acceptors (Lipinski definition) is 1. The predicted molar refractivity (Wildman–Crippen MR) is 101 cm³/mol. The monoisotopic (exact) mass is 405 g/mol. The first-order chi connectivity index (χ1) is 11.6. The fourth-order valence-electron chi connectivity index (χ4n) is 3.54. The second-order valence-corrected chi connectivity index (χ2v) is 9.21. The second-order valence-electron chi connectivity index (χ2n) is 6.51. The third kappa shape index (κ3) is 2.61. The fourth-order valence-corrected chi connectivity index (χ4v) is 5.89. The Balaban J connectivity index is 1.96. The second kappa shape index (κ2) is 6.24. The van der Waals surface area contributed by atoms with Gasteiger partial charge in [0.25, 0.3) is 0 Å². The minimum atomic E-state index is 0.548. The Labute approximate surface area is 163 Å². The molecule has 1 aliphatic rings. The molecule has 0 radical (unpaired) electrons. The third-order valence-electron chi connectivity index (χ3n) is 4.93. The van der Waals surface area contributed by atoms with Crippen molar-refractivity contribution in [1.82, 2.24) is 0 Å². The maximum absolute atomic E-state index is 2.45. The summed E-state index contributed by atoms with van der Waals surface area (Å²) in [6.07, 6.45) is 2.45. The van der Waals surface area contributed by atoms with Gasteiger partial charge in [-0.15, -0.1) is 0 Å². The van der Waals surface area contributed by atoms with Crippen molar-refractivity contribution < 1.29 is 24.7 Å². The van der Waals surface area contributed by atoms with Crippen molar-refractivity contribution in [2.45, 2.75) is 24.4 Å². The molecule has 4 rings (SSSR count). The average Bonchev–Trinajstić information content (AvgIpc) is 3.14. The van der Waals surface area contributed by atoms with E-state index in [1.54, 1.807) is 24.7 Å². The molecule has 0 saturated heterocycles. The number of benzene rings is 2. The van der Waals surface area contributed by atoms with Gasteiger partial charge >= 0.3 is 164 Å². The van der Waals surface area contributed by atoms with Gasteiger partial charge in [-0.3, -0.25) is 0 Å². The van der Waals surface area contributed by atoms with E-state index >= 15 is 0 Å². The minimum absolute atomic E-state index is 0.548. The number of allylic oxidation sites excluding steroid dienone is 1. The van der Waals surface area contributed by atoms with Crippen LogP contribution < -0.4 is 0 Å². The molecule has 2 heteroatoms. The molecule has 3 aromatic rings. The molecule has 1 unspecified atom stereocenters. The van der Waals surface area contributed by atoms with Gasteiger partial charge in [-0.1, -0.05) is 0 Å². The van der Waals surface area contributed by atoms with Gasteiger partial charge in [-0.2, -0.15) is 0 Å². The Kier molecular flexibility index (Phi) is 4.23. The number of fused-ring (bicyclic) bond motifs is 1. The molecule has 2 aromatic carbocycles. The van der Waals surface area contributed by atoms with Crippen molar-refractivity contribution in [2.75, 3.05) is 0 Å². The Bertz CT molecular complexity index is 948. The van der Waals surface area contributed by atoms with Crippen LogP contribution in [0.15, 0.2) is 48.5 Å². The molecule has 0 nitrogen and oxygen atoms in total. The van der Waals surface area contributed by atoms with Crippen LogP contribution in [-0.4, -0.2) is 0 Å². The quantitative estimate of drug-likeness (QED) is 0.457. The molecule has 0 saturated carbocycles. The molecule has 1 aromatic heterocycles. The van der Waals surface area contributed by atoms with Gasteiger partial charge in [-0.25, -0.2) is 0 Å². The van der Waals surface area contributed by atoms with Crippen LogP contribution >= 0.6 is 11.3 Å². The van der Waals surface area contributed by atoms with Crippen molar-refractivity contribution in [3.05, 3.63) is 80.5 Å². The van der Waals surface area contributed by atoms with E-state index in [1.807, 2.05) is 11.3 Å². The van der Waals surface area contributed by atoms with Crippen LogP contribution in [0.2, 0.25) is 0 Å². The molecule has 0 spiro atoms. The Hall–Kier alpha value is -1.24. The van der Waals surface area contributed by atoms with Gasteiger partial charge in [0.05, 0.1) is 0 Å². The molecule has 24 heavy (non-hydrogen) atoms. The van der Waals surface area contributed by atoms with Crippen LogP contribution in [0.5, 0.6) is 0 Å². The zero-order chi connectivity index (χ0) is 16.8. The maximum atomic E-state index is 2.45. The molecule has 0 fully saturated rings. The molecule has 117 valence electrons. The first-order valence-corrected chi connectivity index (χ1v) is 10.5. The Morgan fingerprint density at radius 3 is 2.38 bits per heavy atom. The Morgan fingerprint density at radius 1 is 0.958 bits per heavy atom. The molecular formula is C22H19SZr. The molecule has 0 amide bonds. The predicted octanol–water partition coefficient (Wildman–Crippen LogP) is 6.48. The van der Waals surface area contributed by atoms with Crippen molar-refractivity contribution >= 4 is 23.0 Å². The molecule has 1 aliphatic carbocycles. The summed E-state index contributed by atoms with van der Waals surface area (Å²) in [5, 5.41) is 0. The van der Waals surface area contributed by atoms with Gasteiger partial charge in [0.15, 0.2) is 0 Å². The van der Waals surface area contributed by atoms with E-state index in [0.29, 0.717) is 3.63 Å². The standard InChI is InChI=1S/C22H19S.Zr/c1-14-11-18-12-19(21-10-9-15(2)23-21)13-20(18)22(16(14)3)17-7-5-4-6-8-17;/h4-13H,1-3H3;. The number of rotatable bonds is 2. The Morgan fingerprint density at radius 2 is 1.71 bits per heavy atom. The molecule has 0 aliphatic heterocycles. The molecular weight excluding hydrogens is 388 g/mol. The van der Waals surface area contributed by atoms with E-state index in [-0.39, 0.29) is 0 Å². The number of thiophene rings is 1. The average molecular weight is 407 g/mol. The van der Waals surface area contributed by atoms with Crippen molar-refractivity contribution in [2.24, 2.45) is 0 Å². The van der Waals surface area contributed by atoms with E-state index in [2.05, 4.69) is 75.4 Å². The van der Waals surface area contributed by atoms with Gasteiger partial charge in [0.1, 0.15) is 0 Å². The van der Waals surface area contributed by atoms with Crippen molar-refractivity contribution in [3.63, 3.8) is 0 Å². The zero-order valence-electron chi connectivity index (χ0n) is 14.2. The molecule has 0 N–H and O–H groups in total. The van der Waals surface area contributed by atoms with Crippen LogP contribution in [0.4, 0.5) is 0 Å². The summed E-state index contributed by atoms with van der Waals surface area (Å²) in [6.45, 7) is 6.70. The number of hydrogen-bond donors (Lipinski definition) is 0. The topological polar surface area (TPSA) is 0 Å². The summed E-state index contributed by atoms with van der Waals surface area (Å²) < 4.78 is 0.548. The van der Waals surface area contributed by atoms with Crippen LogP contribution in [0, 0.1) is 20.8 Å². The van der Waals surface area contributed by atoms with Gasteiger partial charge in [-0.05, 0) is 0 Å². The summed E-state index contributed by atoms with van der Waals surface area (Å²) in [5.74, 6) is 0. The first-order valence-electron chi connectivity index (χ1n) is 8.25. The summed E-state index contributed by atoms with van der Waals surface area (Å²) >= 11 is 3.49. The summed E-state index contributed by atoms with van der Waals surface area (Å²) in [7, 11) is 0. The first kappa shape index (κ1) is 16.2. The third-order valence-corrected chi connectivity index (χ3v) is 7.51. The van der Waals surface area contributed by atoms with Crippen LogP contribution in [-0.2, 0) is 24.7 Å². The summed E-state index contributed by atoms with van der Waals surface area (Å²) in [4.78, 5) is 2.82. The fraction of sp³-hybridized carbons (Fsp3) is 0.182. The van der Waals surface area contributed by atoms with Crippen LogP contribution in [0.3, 0.4) is 0 Å². The van der Waals surface area contributed by atoms with E-state index in [1.165, 1.54) is 48.7 Å². The van der Waals surface area contributed by atoms with E-state index in [4.69, 9.17) is 0 Å². The van der Waals surface area contributed by atoms with Crippen LogP contribution in [0.25, 0.3) is 22.8 Å². The molecule has 0 bridgehead atoms. The summed E-state index contributed by atoms with van der Waals surface area (Å²) in [5.41, 5.74) is 10.0. The van der Waals surface area contributed by atoms with Gasteiger partial charge < -0.3 is 0 Å². The summed E-state index contributed by atoms with van der Waals surface area (Å²) in [6, 6.07) is 17.8.